The highest BCUT2D eigenvalue weighted by atomic mass is 32.2. The molecule has 9 heteroatoms. The number of aromatic nitrogens is 4. The molecule has 23 heavy (non-hydrogen) atoms. The molecule has 0 aliphatic carbocycles. The molecule has 0 aromatic carbocycles. The summed E-state index contributed by atoms with van der Waals surface area (Å²) in [6.07, 6.45) is 6.35. The van der Waals surface area contributed by atoms with Crippen molar-refractivity contribution in [1.82, 2.24) is 24.9 Å². The van der Waals surface area contributed by atoms with E-state index in [1.165, 1.54) is 11.3 Å². The van der Waals surface area contributed by atoms with Crippen molar-refractivity contribution in [3.8, 4) is 0 Å². The molecule has 0 fully saturated rings. The van der Waals surface area contributed by atoms with E-state index in [1.54, 1.807) is 18.0 Å². The monoisotopic (exact) mass is 348 g/mol. The summed E-state index contributed by atoms with van der Waals surface area (Å²) in [5, 5.41) is 16.5. The molecule has 0 aliphatic heterocycles. The smallest absolute Gasteiger partial charge is 0.321 e. The topological polar surface area (TPSA) is 84.2 Å². The molecule has 3 aromatic heterocycles. The highest BCUT2D eigenvalue weighted by Gasteiger charge is 2.20. The molecule has 3 heterocycles. The van der Waals surface area contributed by atoms with Gasteiger partial charge in [0.1, 0.15) is 0 Å². The van der Waals surface area contributed by atoms with Gasteiger partial charge in [-0.3, -0.25) is 9.72 Å². The number of nitrogens with one attached hydrogen (secondary N) is 2. The third-order valence-corrected chi connectivity index (χ3v) is 4.55. The molecule has 0 saturated carbocycles. The van der Waals surface area contributed by atoms with Crippen LogP contribution in [0.15, 0.2) is 36.0 Å². The van der Waals surface area contributed by atoms with E-state index in [2.05, 4.69) is 25.8 Å². The van der Waals surface area contributed by atoms with Gasteiger partial charge in [0.05, 0.1) is 6.04 Å². The van der Waals surface area contributed by atoms with E-state index >= 15 is 0 Å². The fourth-order valence-corrected chi connectivity index (χ4v) is 3.17. The Labute approximate surface area is 141 Å². The first kappa shape index (κ1) is 15.8. The summed E-state index contributed by atoms with van der Waals surface area (Å²) in [6.45, 7) is 0. The number of anilines is 1. The van der Waals surface area contributed by atoms with Gasteiger partial charge in [-0.15, -0.1) is 21.5 Å². The zero-order valence-corrected chi connectivity index (χ0v) is 14.1. The van der Waals surface area contributed by atoms with Crippen molar-refractivity contribution in [2.24, 2.45) is 0 Å². The zero-order chi connectivity index (χ0) is 16.1. The Morgan fingerprint density at radius 2 is 2.35 bits per heavy atom. The van der Waals surface area contributed by atoms with Gasteiger partial charge >= 0.3 is 6.03 Å². The third kappa shape index (κ3) is 3.80. The number of urea groups is 1. The van der Waals surface area contributed by atoms with E-state index in [9.17, 15) is 4.79 Å². The van der Waals surface area contributed by atoms with Crippen LogP contribution in [0.1, 0.15) is 18.3 Å². The van der Waals surface area contributed by atoms with Crippen LogP contribution in [-0.4, -0.2) is 37.6 Å². The lowest BCUT2D eigenvalue weighted by atomic mass is 10.2. The maximum absolute atomic E-state index is 12.2. The maximum atomic E-state index is 12.2. The number of hydrogen-bond acceptors (Lipinski definition) is 6. The minimum absolute atomic E-state index is 0.222. The lowest BCUT2D eigenvalue weighted by Gasteiger charge is -2.16. The minimum atomic E-state index is -0.293. The van der Waals surface area contributed by atoms with Crippen molar-refractivity contribution >= 4 is 39.9 Å². The van der Waals surface area contributed by atoms with E-state index in [4.69, 9.17) is 0 Å². The quantitative estimate of drug-likeness (QED) is 0.715. The molecule has 1 atom stereocenters. The van der Waals surface area contributed by atoms with Crippen LogP contribution >= 0.6 is 23.1 Å². The molecule has 120 valence electrons. The summed E-state index contributed by atoms with van der Waals surface area (Å²) in [4.78, 5) is 16.2. The Morgan fingerprint density at radius 3 is 3.13 bits per heavy atom. The van der Waals surface area contributed by atoms with Gasteiger partial charge in [-0.05, 0) is 30.6 Å². The number of rotatable bonds is 6. The van der Waals surface area contributed by atoms with Crippen LogP contribution in [-0.2, 0) is 0 Å². The lowest BCUT2D eigenvalue weighted by molar-refractivity contribution is 0.247. The van der Waals surface area contributed by atoms with E-state index in [-0.39, 0.29) is 12.1 Å². The Balaban J connectivity index is 1.78. The number of pyridine rings is 1. The molecule has 0 radical (unpaired) electrons. The highest BCUT2D eigenvalue weighted by Crippen LogP contribution is 2.19. The molecule has 0 spiro atoms. The average Bonchev–Trinajstić information content (AvgIpc) is 3.20. The van der Waals surface area contributed by atoms with Crippen LogP contribution < -0.4 is 10.6 Å². The Hall–Kier alpha value is -2.13. The largest absolute Gasteiger partial charge is 0.328 e. The van der Waals surface area contributed by atoms with Crippen LogP contribution in [0.5, 0.6) is 0 Å². The highest BCUT2D eigenvalue weighted by molar-refractivity contribution is 7.98. The van der Waals surface area contributed by atoms with Crippen molar-refractivity contribution in [3.05, 3.63) is 41.8 Å². The number of amides is 2. The minimum Gasteiger partial charge on any atom is -0.328 e. The normalized spacial score (nSPS) is 12.2. The number of hydrogen-bond donors (Lipinski definition) is 2. The van der Waals surface area contributed by atoms with Crippen LogP contribution in [0.4, 0.5) is 9.93 Å². The van der Waals surface area contributed by atoms with Gasteiger partial charge in [0.2, 0.25) is 0 Å². The predicted molar refractivity (Wildman–Crippen MR) is 93.0 cm³/mol. The molecule has 3 aromatic rings. The fourth-order valence-electron chi connectivity index (χ4n) is 2.18. The van der Waals surface area contributed by atoms with Crippen molar-refractivity contribution < 1.29 is 4.79 Å². The predicted octanol–water partition coefficient (Wildman–Crippen LogP) is 2.80. The van der Waals surface area contributed by atoms with Crippen LogP contribution in [0.2, 0.25) is 0 Å². The number of fused-ring (bicyclic) bond motifs is 1. The number of nitrogens with zero attached hydrogens (tertiary/aromatic N) is 4. The molecule has 0 saturated heterocycles. The summed E-state index contributed by atoms with van der Waals surface area (Å²) in [6, 6.07) is 5.20. The molecule has 7 nitrogen and oxygen atoms in total. The van der Waals surface area contributed by atoms with Gasteiger partial charge < -0.3 is 5.32 Å². The zero-order valence-electron chi connectivity index (χ0n) is 12.5. The van der Waals surface area contributed by atoms with Crippen LogP contribution in [0, 0.1) is 0 Å². The van der Waals surface area contributed by atoms with Crippen molar-refractivity contribution in [2.45, 2.75) is 12.5 Å². The Morgan fingerprint density at radius 1 is 1.43 bits per heavy atom. The second-order valence-electron chi connectivity index (χ2n) is 4.76. The average molecular weight is 348 g/mol. The molecule has 0 aliphatic rings. The van der Waals surface area contributed by atoms with Gasteiger partial charge in [0.25, 0.3) is 0 Å². The fraction of sp³-hybridized carbons (Fsp3) is 0.286. The number of carbonyl (C=O) groups excluding carboxylic acids is 1. The molecule has 1 unspecified atom stereocenters. The molecule has 3 rings (SSSR count). The Bertz CT molecular complexity index is 773. The van der Waals surface area contributed by atoms with Crippen LogP contribution in [0.25, 0.3) is 5.65 Å². The van der Waals surface area contributed by atoms with E-state index in [0.717, 1.165) is 23.6 Å². The molecule has 0 bridgehead atoms. The van der Waals surface area contributed by atoms with E-state index in [0.29, 0.717) is 5.13 Å². The summed E-state index contributed by atoms with van der Waals surface area (Å²) in [5.74, 6) is 1.63. The first-order chi connectivity index (χ1) is 11.3. The van der Waals surface area contributed by atoms with Crippen molar-refractivity contribution in [2.75, 3.05) is 17.3 Å². The number of thioether (sulfide) groups is 1. The first-order valence-electron chi connectivity index (χ1n) is 7.03. The summed E-state index contributed by atoms with van der Waals surface area (Å²) in [7, 11) is 0. The van der Waals surface area contributed by atoms with Crippen molar-refractivity contribution in [1.29, 1.82) is 0 Å². The standard InChI is InChI=1S/C14H16N6OS2/c1-22-8-5-10(16-13(21)17-14-15-6-9-23-14)12-19-18-11-4-2-3-7-20(11)12/h2-4,6-7,9-10H,5,8H2,1H3,(H2,15,16,17,21). The van der Waals surface area contributed by atoms with Gasteiger partial charge in [0, 0.05) is 17.8 Å². The lowest BCUT2D eigenvalue weighted by Crippen LogP contribution is -2.34. The SMILES string of the molecule is CSCCC(NC(=O)Nc1nccs1)c1nnc2ccccn12. The number of thiazole rings is 1. The van der Waals surface area contributed by atoms with E-state index < -0.39 is 0 Å². The number of carbonyl (C=O) groups is 1. The second-order valence-corrected chi connectivity index (χ2v) is 6.64. The second kappa shape index (κ2) is 7.42. The molecular formula is C14H16N6OS2. The third-order valence-electron chi connectivity index (χ3n) is 3.22. The van der Waals surface area contributed by atoms with Gasteiger partial charge in [-0.2, -0.15) is 11.8 Å². The molecule has 2 N–H and O–H groups in total. The van der Waals surface area contributed by atoms with Gasteiger partial charge in [-0.25, -0.2) is 9.78 Å². The van der Waals surface area contributed by atoms with E-state index in [1.807, 2.05) is 40.4 Å². The summed E-state index contributed by atoms with van der Waals surface area (Å²) in [5.41, 5.74) is 0.763. The molecule has 2 amide bonds. The summed E-state index contributed by atoms with van der Waals surface area (Å²) < 4.78 is 1.90. The Kier molecular flexibility index (Phi) is 5.09. The molecular weight excluding hydrogens is 332 g/mol. The summed E-state index contributed by atoms with van der Waals surface area (Å²) >= 11 is 3.10. The van der Waals surface area contributed by atoms with Crippen molar-refractivity contribution in [3.63, 3.8) is 0 Å². The van der Waals surface area contributed by atoms with Gasteiger partial charge in [-0.1, -0.05) is 6.07 Å². The maximum Gasteiger partial charge on any atom is 0.321 e. The van der Waals surface area contributed by atoms with Crippen LogP contribution in [0.3, 0.4) is 0 Å². The van der Waals surface area contributed by atoms with Gasteiger partial charge in [0.15, 0.2) is 16.6 Å². The first-order valence-corrected chi connectivity index (χ1v) is 9.31.